The van der Waals surface area contributed by atoms with E-state index in [4.69, 9.17) is 0 Å². The van der Waals surface area contributed by atoms with Gasteiger partial charge in [-0.2, -0.15) is 5.10 Å². The van der Waals surface area contributed by atoms with Crippen LogP contribution in [0.1, 0.15) is 0 Å². The molecule has 3 nitrogen and oxygen atoms in total. The molecule has 0 fully saturated rings. The van der Waals surface area contributed by atoms with Crippen molar-refractivity contribution >= 4 is 21.4 Å². The molecule has 0 aliphatic rings. The Hall–Kier alpha value is -1.75. The molecule has 2 aromatic heterocycles. The van der Waals surface area contributed by atoms with E-state index in [0.717, 1.165) is 5.52 Å². The van der Waals surface area contributed by atoms with Crippen molar-refractivity contribution in [1.29, 1.82) is 0 Å². The van der Waals surface area contributed by atoms with Crippen LogP contribution >= 0.6 is 15.9 Å². The predicted octanol–water partition coefficient (Wildman–Crippen LogP) is 3.30. The Morgan fingerprint density at radius 2 is 2.06 bits per heavy atom. The highest BCUT2D eigenvalue weighted by Gasteiger charge is 2.11. The van der Waals surface area contributed by atoms with Crippen molar-refractivity contribution in [3.8, 4) is 11.4 Å². The molecule has 0 N–H and O–H groups in total. The molecule has 0 spiro atoms. The van der Waals surface area contributed by atoms with Gasteiger partial charge >= 0.3 is 0 Å². The van der Waals surface area contributed by atoms with E-state index in [9.17, 15) is 4.39 Å². The quantitative estimate of drug-likeness (QED) is 0.689. The molecule has 5 heteroatoms. The van der Waals surface area contributed by atoms with Crippen molar-refractivity contribution in [3.63, 3.8) is 0 Å². The molecule has 3 aromatic rings. The van der Waals surface area contributed by atoms with Gasteiger partial charge in [-0.05, 0) is 40.2 Å². The average Bonchev–Trinajstić information content (AvgIpc) is 2.68. The van der Waals surface area contributed by atoms with Gasteiger partial charge < -0.3 is 0 Å². The highest BCUT2D eigenvalue weighted by atomic mass is 79.9. The van der Waals surface area contributed by atoms with E-state index in [1.807, 2.05) is 12.1 Å². The fourth-order valence-corrected chi connectivity index (χ4v) is 2.18. The zero-order valence-electron chi connectivity index (χ0n) is 8.64. The molecule has 3 rings (SSSR count). The van der Waals surface area contributed by atoms with Gasteiger partial charge in [-0.1, -0.05) is 12.1 Å². The third kappa shape index (κ3) is 1.72. The van der Waals surface area contributed by atoms with Crippen LogP contribution in [-0.4, -0.2) is 14.6 Å². The van der Waals surface area contributed by atoms with Crippen LogP contribution in [0.15, 0.2) is 47.2 Å². The van der Waals surface area contributed by atoms with Gasteiger partial charge in [-0.25, -0.2) is 13.9 Å². The van der Waals surface area contributed by atoms with Gasteiger partial charge in [-0.15, -0.1) is 0 Å². The van der Waals surface area contributed by atoms with E-state index in [2.05, 4.69) is 26.0 Å². The van der Waals surface area contributed by atoms with Crippen molar-refractivity contribution in [2.75, 3.05) is 0 Å². The number of rotatable bonds is 1. The van der Waals surface area contributed by atoms with Gasteiger partial charge in [0.15, 0.2) is 5.82 Å². The zero-order chi connectivity index (χ0) is 11.8. The van der Waals surface area contributed by atoms with Crippen molar-refractivity contribution < 1.29 is 4.39 Å². The van der Waals surface area contributed by atoms with Gasteiger partial charge in [0.05, 0.1) is 5.52 Å². The highest BCUT2D eigenvalue weighted by Crippen LogP contribution is 2.25. The van der Waals surface area contributed by atoms with Crippen LogP contribution in [0.25, 0.3) is 16.9 Å². The second-order valence-corrected chi connectivity index (χ2v) is 4.31. The number of benzene rings is 1. The molecule has 0 unspecified atom stereocenters. The molecule has 2 heterocycles. The molecule has 0 saturated heterocycles. The summed E-state index contributed by atoms with van der Waals surface area (Å²) in [6.07, 6.45) is 1.67. The van der Waals surface area contributed by atoms with E-state index < -0.39 is 0 Å². The smallest absolute Gasteiger partial charge is 0.162 e. The second-order valence-electron chi connectivity index (χ2n) is 3.56. The molecule has 0 aliphatic carbocycles. The van der Waals surface area contributed by atoms with Crippen LogP contribution in [0.4, 0.5) is 4.39 Å². The maximum Gasteiger partial charge on any atom is 0.162 e. The van der Waals surface area contributed by atoms with E-state index in [0.29, 0.717) is 16.0 Å². The number of imidazole rings is 1. The lowest BCUT2D eigenvalue weighted by Gasteiger charge is -1.99. The van der Waals surface area contributed by atoms with Crippen LogP contribution in [0.3, 0.4) is 0 Å². The number of fused-ring (bicyclic) bond motifs is 1. The number of aromatic nitrogens is 3. The fraction of sp³-hybridized carbons (Fsp3) is 0. The monoisotopic (exact) mass is 291 g/mol. The van der Waals surface area contributed by atoms with E-state index in [1.54, 1.807) is 22.8 Å². The van der Waals surface area contributed by atoms with Crippen LogP contribution in [0, 0.1) is 5.82 Å². The normalized spacial score (nSPS) is 10.9. The van der Waals surface area contributed by atoms with Crippen LogP contribution in [0.5, 0.6) is 0 Å². The Kier molecular flexibility index (Phi) is 2.40. The molecule has 0 atom stereocenters. The highest BCUT2D eigenvalue weighted by molar-refractivity contribution is 9.10. The Morgan fingerprint density at radius 1 is 1.18 bits per heavy atom. The maximum atomic E-state index is 13.2. The Morgan fingerprint density at radius 3 is 2.88 bits per heavy atom. The van der Waals surface area contributed by atoms with Gasteiger partial charge in [0.2, 0.25) is 0 Å². The van der Waals surface area contributed by atoms with Crippen molar-refractivity contribution in [1.82, 2.24) is 14.6 Å². The SMILES string of the molecule is Fc1cccc(-c2nc(Br)c3cccnn23)c1. The zero-order valence-corrected chi connectivity index (χ0v) is 10.2. The standard InChI is InChI=1S/C12H7BrFN3/c13-11-10-5-2-6-15-17(10)12(16-11)8-3-1-4-9(14)7-8/h1-7H. The van der Waals surface area contributed by atoms with E-state index in [-0.39, 0.29) is 5.82 Å². The molecule has 0 radical (unpaired) electrons. The molecule has 0 aliphatic heterocycles. The molecule has 0 bridgehead atoms. The Labute approximate surface area is 105 Å². The molecular weight excluding hydrogens is 285 g/mol. The fourth-order valence-electron chi connectivity index (χ4n) is 1.71. The minimum atomic E-state index is -0.286. The summed E-state index contributed by atoms with van der Waals surface area (Å²) in [4.78, 5) is 4.35. The largest absolute Gasteiger partial charge is 0.219 e. The first kappa shape index (κ1) is 10.4. The molecule has 0 saturated carbocycles. The van der Waals surface area contributed by atoms with E-state index >= 15 is 0 Å². The molecule has 1 aromatic carbocycles. The topological polar surface area (TPSA) is 30.2 Å². The van der Waals surface area contributed by atoms with Crippen molar-refractivity contribution in [2.45, 2.75) is 0 Å². The Bertz CT molecular complexity index is 693. The summed E-state index contributed by atoms with van der Waals surface area (Å²) in [5.74, 6) is 0.332. The predicted molar refractivity (Wildman–Crippen MR) is 66.1 cm³/mol. The molecule has 17 heavy (non-hydrogen) atoms. The van der Waals surface area contributed by atoms with Crippen molar-refractivity contribution in [2.24, 2.45) is 0 Å². The summed E-state index contributed by atoms with van der Waals surface area (Å²) >= 11 is 3.37. The second kappa shape index (κ2) is 3.92. The summed E-state index contributed by atoms with van der Waals surface area (Å²) < 4.78 is 15.6. The first-order valence-electron chi connectivity index (χ1n) is 5.01. The third-order valence-electron chi connectivity index (χ3n) is 2.45. The number of nitrogens with zero attached hydrogens (tertiary/aromatic N) is 3. The lowest BCUT2D eigenvalue weighted by atomic mass is 10.2. The average molecular weight is 292 g/mol. The lowest BCUT2D eigenvalue weighted by molar-refractivity contribution is 0.628. The minimum Gasteiger partial charge on any atom is -0.219 e. The summed E-state index contributed by atoms with van der Waals surface area (Å²) in [6, 6.07) is 10.0. The third-order valence-corrected chi connectivity index (χ3v) is 3.03. The number of hydrogen-bond donors (Lipinski definition) is 0. The summed E-state index contributed by atoms with van der Waals surface area (Å²) in [7, 11) is 0. The summed E-state index contributed by atoms with van der Waals surface area (Å²) in [6.45, 7) is 0. The lowest BCUT2D eigenvalue weighted by Crippen LogP contribution is -1.93. The molecule has 84 valence electrons. The molecular formula is C12H7BrFN3. The number of halogens is 2. The van der Waals surface area contributed by atoms with Crippen LogP contribution < -0.4 is 0 Å². The van der Waals surface area contributed by atoms with E-state index in [1.165, 1.54) is 12.1 Å². The number of hydrogen-bond acceptors (Lipinski definition) is 2. The summed E-state index contributed by atoms with van der Waals surface area (Å²) in [5.41, 5.74) is 1.55. The van der Waals surface area contributed by atoms with Crippen LogP contribution in [-0.2, 0) is 0 Å². The van der Waals surface area contributed by atoms with Gasteiger partial charge in [0.1, 0.15) is 10.4 Å². The molecule has 0 amide bonds. The Balaban J connectivity index is 2.31. The first-order chi connectivity index (χ1) is 8.25. The summed E-state index contributed by atoms with van der Waals surface area (Å²) in [5, 5.41) is 4.21. The van der Waals surface area contributed by atoms with Gasteiger partial charge in [0, 0.05) is 11.8 Å². The van der Waals surface area contributed by atoms with Crippen LogP contribution in [0.2, 0.25) is 0 Å². The maximum absolute atomic E-state index is 13.2. The first-order valence-corrected chi connectivity index (χ1v) is 5.80. The minimum absolute atomic E-state index is 0.286. The van der Waals surface area contributed by atoms with Crippen molar-refractivity contribution in [3.05, 3.63) is 53.0 Å². The van der Waals surface area contributed by atoms with Gasteiger partial charge in [0.25, 0.3) is 0 Å². The van der Waals surface area contributed by atoms with Gasteiger partial charge in [-0.3, -0.25) is 0 Å².